The van der Waals surface area contributed by atoms with Crippen LogP contribution in [0.2, 0.25) is 0 Å². The number of nitrogens with zero attached hydrogens (tertiary/aromatic N) is 4. The van der Waals surface area contributed by atoms with Crippen molar-refractivity contribution in [3.8, 4) is 51.0 Å². The summed E-state index contributed by atoms with van der Waals surface area (Å²) in [5, 5.41) is 17.6. The highest BCUT2D eigenvalue weighted by Gasteiger charge is 2.22. The van der Waals surface area contributed by atoms with Gasteiger partial charge in [-0.1, -0.05) is 188 Å². The van der Waals surface area contributed by atoms with Crippen LogP contribution in [0, 0.1) is 0 Å². The van der Waals surface area contributed by atoms with Gasteiger partial charge in [-0.3, -0.25) is 4.57 Å². The molecule has 0 aliphatic rings. The highest BCUT2D eigenvalue weighted by atomic mass is 32.1. The molecule has 3 aromatic heterocycles. The molecule has 0 saturated carbocycles. The fourth-order valence-corrected chi connectivity index (χ4v) is 12.4. The number of aromatic nitrogens is 4. The van der Waals surface area contributed by atoms with E-state index in [0.717, 1.165) is 38.5 Å². The molecule has 0 atom stereocenters. The van der Waals surface area contributed by atoms with Crippen molar-refractivity contribution >= 4 is 107 Å². The second kappa shape index (κ2) is 15.2. The van der Waals surface area contributed by atoms with Gasteiger partial charge in [0.05, 0.1) is 11.0 Å². The van der Waals surface area contributed by atoms with E-state index in [1.54, 1.807) is 0 Å². The Hall–Kier alpha value is -9.03. The van der Waals surface area contributed by atoms with Crippen LogP contribution in [0.1, 0.15) is 0 Å². The molecule has 0 amide bonds. The number of hydrogen-bond acceptors (Lipinski definition) is 4. The summed E-state index contributed by atoms with van der Waals surface area (Å²) in [7, 11) is 0. The number of fused-ring (bicyclic) bond motifs is 14. The number of hydrogen-bond donors (Lipinski definition) is 0. The molecule has 15 rings (SSSR count). The Balaban J connectivity index is 0.933. The van der Waals surface area contributed by atoms with Gasteiger partial charge in [0.1, 0.15) is 0 Å². The molecule has 70 heavy (non-hydrogen) atoms. The van der Waals surface area contributed by atoms with E-state index in [9.17, 15) is 0 Å². The van der Waals surface area contributed by atoms with Gasteiger partial charge in [-0.2, -0.15) is 9.97 Å². The Morgan fingerprint density at radius 3 is 1.23 bits per heavy atom. The van der Waals surface area contributed by atoms with Gasteiger partial charge < -0.3 is 0 Å². The van der Waals surface area contributed by atoms with Gasteiger partial charge in [-0.15, -0.1) is 11.3 Å². The van der Waals surface area contributed by atoms with Crippen molar-refractivity contribution in [1.29, 1.82) is 0 Å². The maximum absolute atomic E-state index is 5.18. The molecule has 0 fully saturated rings. The second-order valence-corrected chi connectivity index (χ2v) is 19.3. The maximum atomic E-state index is 5.18. The molecule has 0 radical (unpaired) electrons. The number of rotatable bonds is 5. The fraction of sp³-hybridized carbons (Fsp3) is 0. The number of benzene rings is 12. The van der Waals surface area contributed by atoms with Gasteiger partial charge >= 0.3 is 0 Å². The zero-order chi connectivity index (χ0) is 45.9. The highest BCUT2D eigenvalue weighted by Crippen LogP contribution is 2.48. The van der Waals surface area contributed by atoms with Crippen molar-refractivity contribution < 1.29 is 0 Å². The van der Waals surface area contributed by atoms with Crippen LogP contribution < -0.4 is 0 Å². The van der Waals surface area contributed by atoms with Crippen molar-refractivity contribution in [1.82, 2.24) is 19.5 Å². The molecular weight excluding hydrogens is 869 g/mol. The van der Waals surface area contributed by atoms with Gasteiger partial charge in [0.25, 0.3) is 0 Å². The topological polar surface area (TPSA) is 43.6 Å². The van der Waals surface area contributed by atoms with E-state index in [2.05, 4.69) is 199 Å². The Kier molecular flexibility index (Phi) is 8.49. The average molecular weight is 907 g/mol. The monoisotopic (exact) mass is 906 g/mol. The third kappa shape index (κ3) is 5.86. The van der Waals surface area contributed by atoms with Gasteiger partial charge in [0.2, 0.25) is 5.95 Å². The molecule has 12 aromatic carbocycles. The van der Waals surface area contributed by atoms with Gasteiger partial charge in [-0.25, -0.2) is 4.98 Å². The minimum Gasteiger partial charge on any atom is -0.278 e. The normalized spacial score (nSPS) is 12.0. The molecule has 15 aromatic rings. The standard InChI is InChI=1S/C65H38N4S/c1-3-17-39(18-4-1)63-66-64(40-19-5-2-6-20-40)68-65(67-63)69-57-30-16-15-25-47(57)54-35-41(31-33-58(54)69)61-48-26-11-13-28-50(48)62(51-29-14-12-27-49(51)61)42-32-34-59-55(36-42)56-37-52-45-23-9-7-21-43(45)44-22-8-10-24-46(44)53(52)38-60(56)70-59/h1-38H. The lowest BCUT2D eigenvalue weighted by molar-refractivity contribution is 0.953. The van der Waals surface area contributed by atoms with E-state index in [1.807, 2.05) is 47.7 Å². The minimum absolute atomic E-state index is 0.581. The molecule has 5 heteroatoms. The molecule has 0 N–H and O–H groups in total. The Bertz CT molecular complexity index is 4530. The van der Waals surface area contributed by atoms with Gasteiger partial charge in [0, 0.05) is 42.1 Å². The van der Waals surface area contributed by atoms with E-state index in [1.165, 1.54) is 90.7 Å². The average Bonchev–Trinajstić information content (AvgIpc) is 3.96. The Morgan fingerprint density at radius 1 is 0.257 bits per heavy atom. The zero-order valence-electron chi connectivity index (χ0n) is 37.6. The van der Waals surface area contributed by atoms with E-state index in [0.29, 0.717) is 17.6 Å². The lowest BCUT2D eigenvalue weighted by Crippen LogP contribution is -2.06. The molecule has 324 valence electrons. The van der Waals surface area contributed by atoms with Gasteiger partial charge in [0.15, 0.2) is 11.6 Å². The zero-order valence-corrected chi connectivity index (χ0v) is 38.5. The summed E-state index contributed by atoms with van der Waals surface area (Å²) in [5.74, 6) is 1.84. The summed E-state index contributed by atoms with van der Waals surface area (Å²) in [6.45, 7) is 0. The van der Waals surface area contributed by atoms with Crippen LogP contribution in [-0.2, 0) is 0 Å². The lowest BCUT2D eigenvalue weighted by Gasteiger charge is -2.18. The molecule has 0 bridgehead atoms. The largest absolute Gasteiger partial charge is 0.278 e. The van der Waals surface area contributed by atoms with E-state index in [4.69, 9.17) is 15.0 Å². The van der Waals surface area contributed by atoms with Crippen LogP contribution in [0.5, 0.6) is 0 Å². The van der Waals surface area contributed by atoms with Crippen molar-refractivity contribution in [2.45, 2.75) is 0 Å². The molecule has 0 aliphatic heterocycles. The Labute approximate surface area is 406 Å². The maximum Gasteiger partial charge on any atom is 0.238 e. The van der Waals surface area contributed by atoms with Crippen LogP contribution in [0.4, 0.5) is 0 Å². The molecule has 0 spiro atoms. The summed E-state index contributed by atoms with van der Waals surface area (Å²) in [6.07, 6.45) is 0. The smallest absolute Gasteiger partial charge is 0.238 e. The third-order valence-electron chi connectivity index (χ3n) is 14.4. The van der Waals surface area contributed by atoms with Crippen LogP contribution in [0.3, 0.4) is 0 Å². The molecule has 0 saturated heterocycles. The summed E-state index contributed by atoms with van der Waals surface area (Å²) < 4.78 is 4.81. The van der Waals surface area contributed by atoms with Crippen LogP contribution in [0.15, 0.2) is 231 Å². The molecule has 3 heterocycles. The van der Waals surface area contributed by atoms with Crippen molar-refractivity contribution in [2.75, 3.05) is 0 Å². The van der Waals surface area contributed by atoms with E-state index in [-0.39, 0.29) is 0 Å². The predicted octanol–water partition coefficient (Wildman–Crippen LogP) is 17.8. The third-order valence-corrected chi connectivity index (χ3v) is 15.5. The molecule has 4 nitrogen and oxygen atoms in total. The predicted molar refractivity (Wildman–Crippen MR) is 296 cm³/mol. The molecular formula is C65H38N4S. The van der Waals surface area contributed by atoms with Crippen LogP contribution in [-0.4, -0.2) is 19.5 Å². The minimum atomic E-state index is 0.581. The van der Waals surface area contributed by atoms with Crippen molar-refractivity contribution in [2.24, 2.45) is 0 Å². The second-order valence-electron chi connectivity index (χ2n) is 18.2. The number of thiophene rings is 1. The first kappa shape index (κ1) is 39.0. The number of para-hydroxylation sites is 1. The first-order chi connectivity index (χ1) is 34.7. The quantitative estimate of drug-likeness (QED) is 0.128. The van der Waals surface area contributed by atoms with Crippen LogP contribution in [0.25, 0.3) is 147 Å². The summed E-state index contributed by atoms with van der Waals surface area (Å²) in [4.78, 5) is 15.4. The summed E-state index contributed by atoms with van der Waals surface area (Å²) >= 11 is 1.89. The van der Waals surface area contributed by atoms with Crippen LogP contribution >= 0.6 is 11.3 Å². The lowest BCUT2D eigenvalue weighted by atomic mass is 9.85. The molecule has 0 unspecified atom stereocenters. The Morgan fingerprint density at radius 2 is 0.671 bits per heavy atom. The summed E-state index contributed by atoms with van der Waals surface area (Å²) in [6, 6.07) is 83.6. The van der Waals surface area contributed by atoms with E-state index < -0.39 is 0 Å². The first-order valence-electron chi connectivity index (χ1n) is 23.8. The highest BCUT2D eigenvalue weighted by molar-refractivity contribution is 7.25. The summed E-state index contributed by atoms with van der Waals surface area (Å²) in [5.41, 5.74) is 8.80. The van der Waals surface area contributed by atoms with Crippen molar-refractivity contribution in [3.63, 3.8) is 0 Å². The van der Waals surface area contributed by atoms with E-state index >= 15 is 0 Å². The molecule has 0 aliphatic carbocycles. The SMILES string of the molecule is c1ccc(-c2nc(-c3ccccc3)nc(-n3c4ccccc4c4cc(-c5c6ccccc6c(-c6ccc7sc8cc9c%10ccccc%10c%10ccccc%10c9cc8c7c6)c6ccccc56)ccc43)n2)cc1. The first-order valence-corrected chi connectivity index (χ1v) is 24.6. The van der Waals surface area contributed by atoms with Crippen molar-refractivity contribution in [3.05, 3.63) is 231 Å². The fourth-order valence-electron chi connectivity index (χ4n) is 11.3. The van der Waals surface area contributed by atoms with Gasteiger partial charge in [-0.05, 0) is 119 Å².